The van der Waals surface area contributed by atoms with Crippen LogP contribution in [0.5, 0.6) is 0 Å². The van der Waals surface area contributed by atoms with Crippen LogP contribution >= 0.6 is 11.6 Å². The molecule has 0 radical (unpaired) electrons. The van der Waals surface area contributed by atoms with Crippen molar-refractivity contribution in [1.29, 1.82) is 0 Å². The molecule has 10 nitrogen and oxygen atoms in total. The summed E-state index contributed by atoms with van der Waals surface area (Å²) < 4.78 is 14.3. The number of anilines is 3. The highest BCUT2D eigenvalue weighted by Crippen LogP contribution is 2.28. The maximum absolute atomic E-state index is 14.3. The second-order valence-electron chi connectivity index (χ2n) is 8.00. The Morgan fingerprint density at radius 3 is 2.63 bits per heavy atom. The van der Waals surface area contributed by atoms with Crippen LogP contribution in [0.15, 0.2) is 42.6 Å². The number of aromatic nitrogens is 3. The first kappa shape index (κ1) is 24.3. The van der Waals surface area contributed by atoms with Crippen molar-refractivity contribution in [2.75, 3.05) is 43.4 Å². The Morgan fingerprint density at radius 2 is 1.89 bits per heavy atom. The number of nitrogens with zero attached hydrogens (tertiary/aromatic N) is 5. The minimum atomic E-state index is -0.952. The number of aryl methyl sites for hydroxylation is 1. The van der Waals surface area contributed by atoms with Gasteiger partial charge in [0.1, 0.15) is 11.6 Å². The van der Waals surface area contributed by atoms with Gasteiger partial charge in [0.05, 0.1) is 23.6 Å². The standard InChI is InChI=1S/C23H23ClFN7O3/c1-14-19(12-20(30-29-14)17-10-15(24)2-3-18(17)25)27-16-4-5-26-21(11-16)28-22(33)13-31-6-8-32(9-7-31)23(34)35/h2-5,10-12H,6-9,13H2,1H3,(H,34,35)(H2,26,27,28,30,33). The van der Waals surface area contributed by atoms with Crippen LogP contribution in [0.3, 0.4) is 0 Å². The van der Waals surface area contributed by atoms with Crippen molar-refractivity contribution in [2.24, 2.45) is 0 Å². The highest BCUT2D eigenvalue weighted by atomic mass is 35.5. The van der Waals surface area contributed by atoms with E-state index in [4.69, 9.17) is 16.7 Å². The summed E-state index contributed by atoms with van der Waals surface area (Å²) in [6, 6.07) is 9.29. The first-order valence-corrected chi connectivity index (χ1v) is 11.2. The van der Waals surface area contributed by atoms with E-state index >= 15 is 0 Å². The number of amides is 2. The summed E-state index contributed by atoms with van der Waals surface area (Å²) in [6.45, 7) is 3.59. The average molecular weight is 500 g/mol. The van der Waals surface area contributed by atoms with Gasteiger partial charge in [0, 0.05) is 54.7 Å². The van der Waals surface area contributed by atoms with Crippen LogP contribution in [-0.2, 0) is 4.79 Å². The van der Waals surface area contributed by atoms with Gasteiger partial charge in [0.25, 0.3) is 0 Å². The van der Waals surface area contributed by atoms with E-state index in [0.717, 1.165) is 0 Å². The molecule has 0 atom stereocenters. The van der Waals surface area contributed by atoms with Gasteiger partial charge in [-0.05, 0) is 37.3 Å². The molecule has 4 rings (SSSR count). The summed E-state index contributed by atoms with van der Waals surface area (Å²) in [6.07, 6.45) is 0.595. The number of carboxylic acid groups (broad SMARTS) is 1. The molecule has 1 aliphatic rings. The molecule has 2 aromatic heterocycles. The molecule has 0 aliphatic carbocycles. The molecule has 3 N–H and O–H groups in total. The highest BCUT2D eigenvalue weighted by Gasteiger charge is 2.22. The summed E-state index contributed by atoms with van der Waals surface area (Å²) in [5.41, 5.74) is 2.40. The lowest BCUT2D eigenvalue weighted by atomic mass is 10.1. The van der Waals surface area contributed by atoms with Crippen LogP contribution in [0.25, 0.3) is 11.3 Å². The largest absolute Gasteiger partial charge is 0.465 e. The number of rotatable bonds is 6. The SMILES string of the molecule is Cc1nnc(-c2cc(Cl)ccc2F)cc1Nc1ccnc(NC(=O)CN2CCN(C(=O)O)CC2)c1. The Labute approximate surface area is 205 Å². The van der Waals surface area contributed by atoms with Crippen molar-refractivity contribution in [1.82, 2.24) is 25.0 Å². The molecule has 2 amide bonds. The monoisotopic (exact) mass is 499 g/mol. The Kier molecular flexibility index (Phi) is 7.37. The number of hydrogen-bond acceptors (Lipinski definition) is 7. The van der Waals surface area contributed by atoms with E-state index in [1.54, 1.807) is 31.3 Å². The van der Waals surface area contributed by atoms with Crippen molar-refractivity contribution in [3.63, 3.8) is 0 Å². The van der Waals surface area contributed by atoms with E-state index in [9.17, 15) is 14.0 Å². The van der Waals surface area contributed by atoms with E-state index in [1.807, 2.05) is 4.90 Å². The molecule has 0 bridgehead atoms. The van der Waals surface area contributed by atoms with E-state index in [1.165, 1.54) is 23.1 Å². The third-order valence-electron chi connectivity index (χ3n) is 5.50. The molecule has 3 heterocycles. The molecule has 3 aromatic rings. The van der Waals surface area contributed by atoms with Crippen molar-refractivity contribution in [3.05, 3.63) is 59.1 Å². The van der Waals surface area contributed by atoms with Gasteiger partial charge in [0.2, 0.25) is 5.91 Å². The Morgan fingerprint density at radius 1 is 1.11 bits per heavy atom. The lowest BCUT2D eigenvalue weighted by Crippen LogP contribution is -2.50. The van der Waals surface area contributed by atoms with E-state index in [0.29, 0.717) is 59.8 Å². The van der Waals surface area contributed by atoms with Gasteiger partial charge in [0.15, 0.2) is 0 Å². The van der Waals surface area contributed by atoms with Crippen LogP contribution in [0.4, 0.5) is 26.4 Å². The maximum Gasteiger partial charge on any atom is 0.407 e. The number of hydrogen-bond donors (Lipinski definition) is 3. The van der Waals surface area contributed by atoms with Crippen LogP contribution in [-0.4, -0.2) is 74.8 Å². The summed E-state index contributed by atoms with van der Waals surface area (Å²) in [5.74, 6) is -0.361. The third kappa shape index (κ3) is 6.19. The number of carbonyl (C=O) groups excluding carboxylic acids is 1. The summed E-state index contributed by atoms with van der Waals surface area (Å²) in [4.78, 5) is 30.9. The smallest absolute Gasteiger partial charge is 0.407 e. The molecular weight excluding hydrogens is 477 g/mol. The number of halogens is 2. The lowest BCUT2D eigenvalue weighted by Gasteiger charge is -2.32. The van der Waals surface area contributed by atoms with Gasteiger partial charge < -0.3 is 20.6 Å². The van der Waals surface area contributed by atoms with E-state index in [2.05, 4.69) is 25.8 Å². The topological polar surface area (TPSA) is 124 Å². The predicted molar refractivity (Wildman–Crippen MR) is 129 cm³/mol. The number of pyridine rings is 1. The fourth-order valence-corrected chi connectivity index (χ4v) is 3.79. The minimum absolute atomic E-state index is 0.134. The average Bonchev–Trinajstić information content (AvgIpc) is 2.82. The molecule has 1 aromatic carbocycles. The minimum Gasteiger partial charge on any atom is -0.465 e. The quantitative estimate of drug-likeness (QED) is 0.470. The molecule has 12 heteroatoms. The van der Waals surface area contributed by atoms with Crippen molar-refractivity contribution < 1.29 is 19.1 Å². The van der Waals surface area contributed by atoms with Gasteiger partial charge in [-0.15, -0.1) is 0 Å². The fraction of sp³-hybridized carbons (Fsp3) is 0.261. The summed E-state index contributed by atoms with van der Waals surface area (Å²) in [7, 11) is 0. The van der Waals surface area contributed by atoms with Gasteiger partial charge in [-0.25, -0.2) is 14.2 Å². The number of nitrogens with one attached hydrogen (secondary N) is 2. The number of piperazine rings is 1. The van der Waals surface area contributed by atoms with E-state index in [-0.39, 0.29) is 18.0 Å². The van der Waals surface area contributed by atoms with Crippen LogP contribution in [0.2, 0.25) is 5.02 Å². The molecule has 1 saturated heterocycles. The third-order valence-corrected chi connectivity index (χ3v) is 5.73. The van der Waals surface area contributed by atoms with Crippen molar-refractivity contribution in [2.45, 2.75) is 6.92 Å². The molecule has 1 aliphatic heterocycles. The van der Waals surface area contributed by atoms with Crippen molar-refractivity contribution in [3.8, 4) is 11.3 Å². The van der Waals surface area contributed by atoms with Crippen LogP contribution < -0.4 is 10.6 Å². The van der Waals surface area contributed by atoms with Gasteiger partial charge in [-0.1, -0.05) is 11.6 Å². The first-order chi connectivity index (χ1) is 16.8. The highest BCUT2D eigenvalue weighted by molar-refractivity contribution is 6.30. The van der Waals surface area contributed by atoms with Gasteiger partial charge >= 0.3 is 6.09 Å². The molecule has 182 valence electrons. The maximum atomic E-state index is 14.3. The van der Waals surface area contributed by atoms with Gasteiger partial charge in [-0.3, -0.25) is 9.69 Å². The summed E-state index contributed by atoms with van der Waals surface area (Å²) >= 11 is 6.01. The first-order valence-electron chi connectivity index (χ1n) is 10.8. The predicted octanol–water partition coefficient (Wildman–Crippen LogP) is 3.62. The molecule has 1 fully saturated rings. The Hall–Kier alpha value is -3.83. The lowest BCUT2D eigenvalue weighted by molar-refractivity contribution is -0.117. The summed E-state index contributed by atoms with van der Waals surface area (Å²) in [5, 5.41) is 23.6. The Balaban J connectivity index is 1.42. The zero-order valence-corrected chi connectivity index (χ0v) is 19.6. The molecular formula is C23H23ClFN7O3. The fourth-order valence-electron chi connectivity index (χ4n) is 3.62. The molecule has 0 spiro atoms. The number of carbonyl (C=O) groups is 2. The van der Waals surface area contributed by atoms with Crippen molar-refractivity contribution >= 4 is 40.8 Å². The molecule has 35 heavy (non-hydrogen) atoms. The van der Waals surface area contributed by atoms with Crippen LogP contribution in [0, 0.1) is 12.7 Å². The van der Waals surface area contributed by atoms with E-state index < -0.39 is 11.9 Å². The molecule has 0 saturated carbocycles. The zero-order chi connectivity index (χ0) is 24.9. The second kappa shape index (κ2) is 10.6. The number of benzene rings is 1. The molecule has 0 unspecified atom stereocenters. The van der Waals surface area contributed by atoms with Crippen LogP contribution in [0.1, 0.15) is 5.69 Å². The zero-order valence-electron chi connectivity index (χ0n) is 18.8. The Bertz CT molecular complexity index is 1250. The normalized spacial score (nSPS) is 14.0. The second-order valence-corrected chi connectivity index (χ2v) is 8.44. The van der Waals surface area contributed by atoms with Gasteiger partial charge in [-0.2, -0.15) is 10.2 Å².